The molecular formula is C17H24O5. The number of epoxide rings is 1. The highest BCUT2D eigenvalue weighted by atomic mass is 16.6. The predicted molar refractivity (Wildman–Crippen MR) is 79.0 cm³/mol. The fraction of sp³-hybridized carbons (Fsp3) is 0.765. The molecule has 2 heterocycles. The molecule has 6 atom stereocenters. The van der Waals surface area contributed by atoms with E-state index in [1.807, 2.05) is 13.8 Å². The zero-order valence-corrected chi connectivity index (χ0v) is 13.6. The highest BCUT2D eigenvalue weighted by Crippen LogP contribution is 2.48. The number of esters is 2. The van der Waals surface area contributed by atoms with Crippen molar-refractivity contribution in [2.24, 2.45) is 11.8 Å². The van der Waals surface area contributed by atoms with Gasteiger partial charge < -0.3 is 14.2 Å². The van der Waals surface area contributed by atoms with Crippen LogP contribution >= 0.6 is 0 Å². The van der Waals surface area contributed by atoms with Crippen LogP contribution in [0.2, 0.25) is 0 Å². The van der Waals surface area contributed by atoms with E-state index in [0.29, 0.717) is 6.42 Å². The number of hydrogen-bond acceptors (Lipinski definition) is 5. The minimum atomic E-state index is -0.275. The second-order valence-corrected chi connectivity index (χ2v) is 7.07. The van der Waals surface area contributed by atoms with Crippen molar-refractivity contribution in [1.82, 2.24) is 0 Å². The van der Waals surface area contributed by atoms with Crippen LogP contribution in [-0.4, -0.2) is 35.9 Å². The number of rotatable bonds is 1. The monoisotopic (exact) mass is 308 g/mol. The summed E-state index contributed by atoms with van der Waals surface area (Å²) in [5.74, 6) is -0.318. The van der Waals surface area contributed by atoms with Gasteiger partial charge in [-0.2, -0.15) is 0 Å². The summed E-state index contributed by atoms with van der Waals surface area (Å²) in [5, 5.41) is 0. The van der Waals surface area contributed by atoms with E-state index in [1.165, 1.54) is 6.92 Å². The van der Waals surface area contributed by atoms with E-state index in [4.69, 9.17) is 14.2 Å². The van der Waals surface area contributed by atoms with E-state index >= 15 is 0 Å². The van der Waals surface area contributed by atoms with Gasteiger partial charge in [0.1, 0.15) is 12.2 Å². The van der Waals surface area contributed by atoms with Gasteiger partial charge in [-0.05, 0) is 25.8 Å². The van der Waals surface area contributed by atoms with Crippen LogP contribution in [0.5, 0.6) is 0 Å². The van der Waals surface area contributed by atoms with Crippen LogP contribution in [0.1, 0.15) is 47.0 Å². The average molecular weight is 308 g/mol. The Balaban J connectivity index is 1.85. The van der Waals surface area contributed by atoms with E-state index in [2.05, 4.69) is 13.0 Å². The van der Waals surface area contributed by atoms with Crippen molar-refractivity contribution in [3.05, 3.63) is 11.6 Å². The molecule has 0 amide bonds. The van der Waals surface area contributed by atoms with Crippen molar-refractivity contribution in [3.63, 3.8) is 0 Å². The van der Waals surface area contributed by atoms with Crippen LogP contribution in [0.15, 0.2) is 11.6 Å². The Morgan fingerprint density at radius 2 is 2.18 bits per heavy atom. The van der Waals surface area contributed by atoms with Gasteiger partial charge in [-0.3, -0.25) is 9.59 Å². The number of hydrogen-bond donors (Lipinski definition) is 0. The molecule has 1 aliphatic carbocycles. The van der Waals surface area contributed by atoms with Crippen molar-refractivity contribution >= 4 is 11.9 Å². The maximum absolute atomic E-state index is 11.9. The topological polar surface area (TPSA) is 65.1 Å². The van der Waals surface area contributed by atoms with Crippen LogP contribution in [0.4, 0.5) is 0 Å². The molecular weight excluding hydrogens is 284 g/mol. The smallest absolute Gasteiger partial charge is 0.309 e. The third kappa shape index (κ3) is 2.78. The number of ether oxygens (including phenoxy) is 3. The molecule has 0 saturated carbocycles. The van der Waals surface area contributed by atoms with Gasteiger partial charge in [-0.25, -0.2) is 0 Å². The summed E-state index contributed by atoms with van der Waals surface area (Å²) >= 11 is 0. The predicted octanol–water partition coefficient (Wildman–Crippen LogP) is 2.38. The van der Waals surface area contributed by atoms with Gasteiger partial charge in [-0.1, -0.05) is 13.0 Å². The molecule has 0 aromatic heterocycles. The summed E-state index contributed by atoms with van der Waals surface area (Å²) in [7, 11) is 0. The average Bonchev–Trinajstić information content (AvgIpc) is 2.97. The molecule has 3 aliphatic rings. The Hall–Kier alpha value is -1.36. The third-order valence-electron chi connectivity index (χ3n) is 5.36. The van der Waals surface area contributed by atoms with Crippen LogP contribution in [0.25, 0.3) is 0 Å². The summed E-state index contributed by atoms with van der Waals surface area (Å²) in [6.07, 6.45) is 3.98. The molecule has 5 heteroatoms. The molecule has 0 aromatic rings. The van der Waals surface area contributed by atoms with E-state index in [0.717, 1.165) is 18.4 Å². The molecule has 0 bridgehead atoms. The zero-order chi connectivity index (χ0) is 16.1. The standard InChI is InChI=1S/C17H24O5/c1-9-5-6-12-10(2)16(19)21-14(12)8-17(4)15(22-17)7-13(9)20-11(3)18/h5,10,12-15H,6-8H2,1-4H3/b9-5-/t10-,12-,13+,14-,15+,17-/m0/s1. The second-order valence-electron chi connectivity index (χ2n) is 7.07. The fourth-order valence-corrected chi connectivity index (χ4v) is 3.73. The molecule has 0 radical (unpaired) electrons. The summed E-state index contributed by atoms with van der Waals surface area (Å²) < 4.78 is 16.9. The van der Waals surface area contributed by atoms with Crippen LogP contribution in [-0.2, 0) is 23.8 Å². The second kappa shape index (κ2) is 5.37. The normalized spacial score (nSPS) is 46.6. The van der Waals surface area contributed by atoms with Gasteiger partial charge >= 0.3 is 11.9 Å². The van der Waals surface area contributed by atoms with Crippen LogP contribution in [0, 0.1) is 11.8 Å². The van der Waals surface area contributed by atoms with Crippen LogP contribution < -0.4 is 0 Å². The van der Waals surface area contributed by atoms with Crippen molar-refractivity contribution in [1.29, 1.82) is 0 Å². The molecule has 0 unspecified atom stereocenters. The SMILES string of the molecule is CC(=O)O[C@@H]1C[C@H]2O[C@@]2(C)C[C@@H]2OC(=O)[C@@H](C)[C@@H]2C/C=C\1C. The minimum Gasteiger partial charge on any atom is -0.462 e. The molecule has 22 heavy (non-hydrogen) atoms. The largest absolute Gasteiger partial charge is 0.462 e. The first-order valence-corrected chi connectivity index (χ1v) is 8.02. The lowest BCUT2D eigenvalue weighted by molar-refractivity contribution is -0.145. The van der Waals surface area contributed by atoms with E-state index in [1.54, 1.807) is 0 Å². The van der Waals surface area contributed by atoms with E-state index in [-0.39, 0.29) is 47.7 Å². The van der Waals surface area contributed by atoms with Crippen molar-refractivity contribution in [3.8, 4) is 0 Å². The van der Waals surface area contributed by atoms with Crippen molar-refractivity contribution in [2.75, 3.05) is 0 Å². The molecule has 3 rings (SSSR count). The molecule has 2 aliphatic heterocycles. The van der Waals surface area contributed by atoms with E-state index < -0.39 is 0 Å². The number of carbonyl (C=O) groups is 2. The van der Waals surface area contributed by atoms with Crippen molar-refractivity contribution in [2.45, 2.75) is 70.9 Å². The zero-order valence-electron chi connectivity index (χ0n) is 13.6. The maximum atomic E-state index is 11.9. The molecule has 0 aromatic carbocycles. The summed E-state index contributed by atoms with van der Waals surface area (Å²) in [6, 6.07) is 0. The first-order chi connectivity index (χ1) is 10.3. The quantitative estimate of drug-likeness (QED) is 0.423. The highest BCUT2D eigenvalue weighted by Gasteiger charge is 2.57. The third-order valence-corrected chi connectivity index (χ3v) is 5.36. The molecule has 2 saturated heterocycles. The molecule has 2 fully saturated rings. The number of fused-ring (bicyclic) bond motifs is 2. The molecule has 0 N–H and O–H groups in total. The van der Waals surface area contributed by atoms with Gasteiger partial charge in [0.2, 0.25) is 0 Å². The lowest BCUT2D eigenvalue weighted by Gasteiger charge is -2.24. The number of allylic oxidation sites excluding steroid dienone is 1. The van der Waals surface area contributed by atoms with Gasteiger partial charge in [0, 0.05) is 25.7 Å². The van der Waals surface area contributed by atoms with Gasteiger partial charge in [0.15, 0.2) is 0 Å². The number of carbonyl (C=O) groups excluding carboxylic acids is 2. The van der Waals surface area contributed by atoms with Crippen molar-refractivity contribution < 1.29 is 23.8 Å². The van der Waals surface area contributed by atoms with Crippen LogP contribution in [0.3, 0.4) is 0 Å². The Bertz CT molecular complexity index is 525. The lowest BCUT2D eigenvalue weighted by atomic mass is 9.81. The minimum absolute atomic E-state index is 0.0496. The molecule has 0 spiro atoms. The molecule has 122 valence electrons. The Morgan fingerprint density at radius 1 is 1.45 bits per heavy atom. The summed E-state index contributed by atoms with van der Waals surface area (Å²) in [5.41, 5.74) is 0.753. The van der Waals surface area contributed by atoms with Gasteiger partial charge in [0.25, 0.3) is 0 Å². The maximum Gasteiger partial charge on any atom is 0.309 e. The van der Waals surface area contributed by atoms with Gasteiger partial charge in [0.05, 0.1) is 17.6 Å². The Morgan fingerprint density at radius 3 is 2.86 bits per heavy atom. The fourth-order valence-electron chi connectivity index (χ4n) is 3.73. The summed E-state index contributed by atoms with van der Waals surface area (Å²) in [6.45, 7) is 7.39. The highest BCUT2D eigenvalue weighted by molar-refractivity contribution is 5.75. The Labute approximate surface area is 131 Å². The Kier molecular flexibility index (Phi) is 3.79. The first-order valence-electron chi connectivity index (χ1n) is 8.02. The summed E-state index contributed by atoms with van der Waals surface area (Å²) in [4.78, 5) is 23.2. The van der Waals surface area contributed by atoms with E-state index in [9.17, 15) is 9.59 Å². The first kappa shape index (κ1) is 15.5. The van der Waals surface area contributed by atoms with Gasteiger partial charge in [-0.15, -0.1) is 0 Å². The lowest BCUT2D eigenvalue weighted by Crippen LogP contribution is -2.29. The molecule has 5 nitrogen and oxygen atoms in total.